The van der Waals surface area contributed by atoms with Gasteiger partial charge in [0.15, 0.2) is 5.04 Å². The summed E-state index contributed by atoms with van der Waals surface area (Å²) in [6.07, 6.45) is 2.13. The van der Waals surface area contributed by atoms with Gasteiger partial charge in [-0.15, -0.1) is 11.8 Å². The zero-order chi connectivity index (χ0) is 23.1. The van der Waals surface area contributed by atoms with E-state index in [4.69, 9.17) is 16.3 Å². The first-order chi connectivity index (χ1) is 15.5. The van der Waals surface area contributed by atoms with Crippen LogP contribution in [-0.4, -0.2) is 29.9 Å². The number of unbranched alkanes of at least 4 members (excludes halogenated alkanes) is 1. The zero-order valence-corrected chi connectivity index (χ0v) is 20.8. The maximum Gasteiger partial charge on any atom is 0.282 e. The summed E-state index contributed by atoms with van der Waals surface area (Å²) >= 11 is 5.26. The molecule has 7 heteroatoms. The Kier molecular flexibility index (Phi) is 8.54. The van der Waals surface area contributed by atoms with Crippen LogP contribution in [0.25, 0.3) is 4.85 Å². The average molecular weight is 512 g/mol. The topological polar surface area (TPSA) is 55.0 Å². The van der Waals surface area contributed by atoms with E-state index in [1.54, 1.807) is 31.0 Å². The fraction of sp³-hybridized carbons (Fsp3) is 0.320. The fourth-order valence-electron chi connectivity index (χ4n) is 3.68. The standard InChI is InChI=1S/C25H26BrN3O2S/c1-5-6-15-32-25-23(27-3)22(17-11-7-8-12-18(17)26)21(16(2)28-25)24(30)29-19-13-9-10-14-20(19)31-4/h7-14,22-23H,5-6,15H2,1-2,4H3,(H,29,30). The number of methoxy groups -OCH3 is 1. The van der Waals surface area contributed by atoms with Gasteiger partial charge in [-0.3, -0.25) is 4.79 Å². The van der Waals surface area contributed by atoms with Gasteiger partial charge in [0.05, 0.1) is 24.3 Å². The van der Waals surface area contributed by atoms with Crippen LogP contribution in [0.15, 0.2) is 69.3 Å². The Morgan fingerprint density at radius 3 is 2.66 bits per heavy atom. The van der Waals surface area contributed by atoms with Gasteiger partial charge in [0, 0.05) is 10.2 Å². The van der Waals surface area contributed by atoms with Crippen molar-refractivity contribution in [3.63, 3.8) is 0 Å². The molecule has 0 aliphatic carbocycles. The molecule has 2 atom stereocenters. The number of carbonyl (C=O) groups is 1. The largest absolute Gasteiger partial charge is 0.495 e. The predicted octanol–water partition coefficient (Wildman–Crippen LogP) is 6.69. The molecule has 1 heterocycles. The van der Waals surface area contributed by atoms with Gasteiger partial charge in [-0.1, -0.05) is 59.6 Å². The maximum absolute atomic E-state index is 13.6. The third kappa shape index (κ3) is 5.25. The molecule has 2 unspecified atom stereocenters. The van der Waals surface area contributed by atoms with Crippen LogP contribution in [-0.2, 0) is 4.79 Å². The molecule has 2 aromatic rings. The number of anilines is 1. The Morgan fingerprint density at radius 1 is 1.25 bits per heavy atom. The SMILES string of the molecule is [C-]#[N+]C1C(SCCCC)=NC(C)=C(C(=O)Nc2ccccc2OC)C1c1ccccc1Br. The lowest BCUT2D eigenvalue weighted by Crippen LogP contribution is -2.34. The highest BCUT2D eigenvalue weighted by molar-refractivity contribution is 9.10. The van der Waals surface area contributed by atoms with Crippen LogP contribution in [0.3, 0.4) is 0 Å². The number of para-hydroxylation sites is 2. The second kappa shape index (κ2) is 11.3. The third-order valence-electron chi connectivity index (χ3n) is 5.27. The fourth-order valence-corrected chi connectivity index (χ4v) is 5.42. The monoisotopic (exact) mass is 511 g/mol. The van der Waals surface area contributed by atoms with Gasteiger partial charge < -0.3 is 14.9 Å². The van der Waals surface area contributed by atoms with E-state index in [1.807, 2.05) is 43.3 Å². The molecule has 0 spiro atoms. The van der Waals surface area contributed by atoms with Gasteiger partial charge in [-0.25, -0.2) is 11.6 Å². The number of rotatable bonds is 7. The number of aliphatic imine (C=N–C) groups is 1. The van der Waals surface area contributed by atoms with Crippen LogP contribution in [0.4, 0.5) is 5.69 Å². The summed E-state index contributed by atoms with van der Waals surface area (Å²) in [7, 11) is 1.57. The zero-order valence-electron chi connectivity index (χ0n) is 18.4. The lowest BCUT2D eigenvalue weighted by atomic mass is 9.82. The first-order valence-electron chi connectivity index (χ1n) is 10.5. The number of nitrogens with one attached hydrogen (secondary N) is 1. The molecule has 166 valence electrons. The molecule has 0 saturated carbocycles. The molecule has 1 aliphatic heterocycles. The summed E-state index contributed by atoms with van der Waals surface area (Å²) in [5, 5.41) is 3.75. The highest BCUT2D eigenvalue weighted by Gasteiger charge is 2.43. The van der Waals surface area contributed by atoms with Gasteiger partial charge in [0.2, 0.25) is 0 Å². The number of thioether (sulfide) groups is 1. The van der Waals surface area contributed by atoms with Gasteiger partial charge in [0.25, 0.3) is 11.9 Å². The molecule has 0 bridgehead atoms. The van der Waals surface area contributed by atoms with Gasteiger partial charge in [-0.2, -0.15) is 0 Å². The summed E-state index contributed by atoms with van der Waals surface area (Å²) in [6, 6.07) is 14.5. The number of benzene rings is 2. The number of ether oxygens (including phenoxy) is 1. The van der Waals surface area contributed by atoms with Gasteiger partial charge >= 0.3 is 0 Å². The van der Waals surface area contributed by atoms with E-state index in [0.717, 1.165) is 33.7 Å². The van der Waals surface area contributed by atoms with E-state index in [2.05, 4.69) is 33.0 Å². The number of nitrogens with zero attached hydrogens (tertiary/aromatic N) is 2. The van der Waals surface area contributed by atoms with Crippen molar-refractivity contribution in [1.82, 2.24) is 0 Å². The van der Waals surface area contributed by atoms with Crippen LogP contribution < -0.4 is 10.1 Å². The Balaban J connectivity index is 2.08. The van der Waals surface area contributed by atoms with Crippen molar-refractivity contribution in [3.05, 3.63) is 81.3 Å². The number of amides is 1. The molecule has 0 saturated heterocycles. The molecule has 1 N–H and O–H groups in total. The van der Waals surface area contributed by atoms with Crippen molar-refractivity contribution in [3.8, 4) is 5.75 Å². The van der Waals surface area contributed by atoms with E-state index >= 15 is 0 Å². The number of hydrogen-bond donors (Lipinski definition) is 1. The molecule has 2 aromatic carbocycles. The second-order valence-corrected chi connectivity index (χ2v) is 9.35. The van der Waals surface area contributed by atoms with E-state index < -0.39 is 12.0 Å². The van der Waals surface area contributed by atoms with Crippen LogP contribution in [0.1, 0.15) is 38.2 Å². The van der Waals surface area contributed by atoms with Crippen molar-refractivity contribution in [2.75, 3.05) is 18.2 Å². The van der Waals surface area contributed by atoms with Crippen LogP contribution >= 0.6 is 27.7 Å². The Labute approximate surface area is 202 Å². The third-order valence-corrected chi connectivity index (χ3v) is 7.12. The van der Waals surface area contributed by atoms with Crippen LogP contribution in [0.2, 0.25) is 0 Å². The number of allylic oxidation sites excluding steroid dienone is 1. The van der Waals surface area contributed by atoms with E-state index in [9.17, 15) is 4.79 Å². The molecule has 1 amide bonds. The van der Waals surface area contributed by atoms with E-state index in [0.29, 0.717) is 22.7 Å². The van der Waals surface area contributed by atoms with Gasteiger partial charge in [-0.05, 0) is 42.9 Å². The summed E-state index contributed by atoms with van der Waals surface area (Å²) in [4.78, 5) is 22.2. The molecular formula is C25H26BrN3O2S. The van der Waals surface area contributed by atoms with Crippen LogP contribution in [0, 0.1) is 6.57 Å². The smallest absolute Gasteiger partial charge is 0.282 e. The predicted molar refractivity (Wildman–Crippen MR) is 136 cm³/mol. The minimum absolute atomic E-state index is 0.275. The lowest BCUT2D eigenvalue weighted by Gasteiger charge is -2.28. The number of halogens is 1. The normalized spacial score (nSPS) is 18.0. The maximum atomic E-state index is 13.6. The summed E-state index contributed by atoms with van der Waals surface area (Å²) < 4.78 is 6.26. The summed E-state index contributed by atoms with van der Waals surface area (Å²) in [6.45, 7) is 12.0. The summed E-state index contributed by atoms with van der Waals surface area (Å²) in [5.41, 5.74) is 2.62. The molecule has 0 fully saturated rings. The lowest BCUT2D eigenvalue weighted by molar-refractivity contribution is -0.113. The minimum atomic E-state index is -0.558. The minimum Gasteiger partial charge on any atom is -0.495 e. The van der Waals surface area contributed by atoms with E-state index in [-0.39, 0.29) is 5.91 Å². The average Bonchev–Trinajstić information content (AvgIpc) is 2.79. The first-order valence-corrected chi connectivity index (χ1v) is 12.3. The molecule has 0 aromatic heterocycles. The number of carbonyl (C=O) groups excluding carboxylic acids is 1. The van der Waals surface area contributed by atoms with Crippen LogP contribution in [0.5, 0.6) is 5.75 Å². The van der Waals surface area contributed by atoms with Crippen molar-refractivity contribution < 1.29 is 9.53 Å². The van der Waals surface area contributed by atoms with E-state index in [1.165, 1.54) is 0 Å². The Bertz CT molecular complexity index is 1090. The quantitative estimate of drug-likeness (QED) is 0.332. The first kappa shape index (κ1) is 24.1. The number of hydrogen-bond acceptors (Lipinski definition) is 4. The van der Waals surface area contributed by atoms with Crippen molar-refractivity contribution >= 4 is 44.3 Å². The summed E-state index contributed by atoms with van der Waals surface area (Å²) in [5.74, 6) is 0.774. The molecular weight excluding hydrogens is 486 g/mol. The second-order valence-electron chi connectivity index (χ2n) is 7.38. The Hall–Kier alpha value is -2.56. The molecule has 1 aliphatic rings. The molecule has 5 nitrogen and oxygen atoms in total. The van der Waals surface area contributed by atoms with Crippen molar-refractivity contribution in [2.24, 2.45) is 4.99 Å². The Morgan fingerprint density at radius 2 is 1.97 bits per heavy atom. The molecule has 3 rings (SSSR count). The van der Waals surface area contributed by atoms with Crippen molar-refractivity contribution in [1.29, 1.82) is 0 Å². The molecule has 0 radical (unpaired) electrons. The highest BCUT2D eigenvalue weighted by Crippen LogP contribution is 2.42. The van der Waals surface area contributed by atoms with Crippen molar-refractivity contribution in [2.45, 2.75) is 38.6 Å². The molecule has 32 heavy (non-hydrogen) atoms. The highest BCUT2D eigenvalue weighted by atomic mass is 79.9. The van der Waals surface area contributed by atoms with Gasteiger partial charge in [0.1, 0.15) is 5.75 Å².